The number of hydrogen-bond acceptors (Lipinski definition) is 6. The highest BCUT2D eigenvalue weighted by atomic mass is 16.5. The van der Waals surface area contributed by atoms with Crippen molar-refractivity contribution in [2.45, 2.75) is 32.0 Å². The van der Waals surface area contributed by atoms with Gasteiger partial charge in [-0.15, -0.1) is 0 Å². The Labute approximate surface area is 139 Å². The van der Waals surface area contributed by atoms with Crippen LogP contribution in [-0.4, -0.2) is 41.1 Å². The molecule has 6 heteroatoms. The highest BCUT2D eigenvalue weighted by Gasteiger charge is 2.27. The number of aliphatic hydroxyl groups is 2. The molecule has 3 rings (SSSR count). The molecule has 0 radical (unpaired) electrons. The molecule has 128 valence electrons. The lowest BCUT2D eigenvalue weighted by molar-refractivity contribution is -0.0471. The van der Waals surface area contributed by atoms with Gasteiger partial charge in [-0.25, -0.2) is 4.98 Å². The first-order valence-electron chi connectivity index (χ1n) is 7.68. The summed E-state index contributed by atoms with van der Waals surface area (Å²) in [6, 6.07) is 5.54. The van der Waals surface area contributed by atoms with E-state index in [2.05, 4.69) is 4.98 Å². The molecule has 0 saturated carbocycles. The van der Waals surface area contributed by atoms with Gasteiger partial charge in [-0.05, 0) is 31.5 Å². The van der Waals surface area contributed by atoms with Gasteiger partial charge >= 0.3 is 0 Å². The van der Waals surface area contributed by atoms with Gasteiger partial charge in [0.15, 0.2) is 0 Å². The topological polar surface area (TPSA) is 85.0 Å². The zero-order chi connectivity index (χ0) is 17.5. The molecule has 0 fully saturated rings. The molecule has 0 saturated heterocycles. The fraction of sp³-hybridized carbons (Fsp3) is 0.389. The first kappa shape index (κ1) is 16.5. The summed E-state index contributed by atoms with van der Waals surface area (Å²) in [5, 5.41) is 21.8. The van der Waals surface area contributed by atoms with Gasteiger partial charge in [0.1, 0.15) is 17.0 Å². The van der Waals surface area contributed by atoms with Gasteiger partial charge in [-0.2, -0.15) is 0 Å². The van der Waals surface area contributed by atoms with Crippen LogP contribution in [0.2, 0.25) is 0 Å². The smallest absolute Gasteiger partial charge is 0.230 e. The molecule has 0 spiro atoms. The van der Waals surface area contributed by atoms with Crippen molar-refractivity contribution in [3.63, 3.8) is 0 Å². The number of aliphatic hydroxyl groups excluding tert-OH is 1. The van der Waals surface area contributed by atoms with E-state index in [9.17, 15) is 10.2 Å². The summed E-state index contributed by atoms with van der Waals surface area (Å²) in [5.41, 5.74) is 0.589. The van der Waals surface area contributed by atoms with E-state index in [0.29, 0.717) is 22.7 Å². The fourth-order valence-corrected chi connectivity index (χ4v) is 2.78. The van der Waals surface area contributed by atoms with Crippen molar-refractivity contribution in [3.05, 3.63) is 30.0 Å². The minimum absolute atomic E-state index is 0.239. The van der Waals surface area contributed by atoms with Crippen LogP contribution in [-0.2, 0) is 6.42 Å². The van der Waals surface area contributed by atoms with Crippen molar-refractivity contribution < 1.29 is 24.1 Å². The fourth-order valence-electron chi connectivity index (χ4n) is 2.78. The number of pyridine rings is 1. The summed E-state index contributed by atoms with van der Waals surface area (Å²) in [6.07, 6.45) is 0.867. The highest BCUT2D eigenvalue weighted by Crippen LogP contribution is 2.39. The highest BCUT2D eigenvalue weighted by molar-refractivity contribution is 6.01. The number of benzene rings is 1. The van der Waals surface area contributed by atoms with Crippen LogP contribution in [0.4, 0.5) is 0 Å². The zero-order valence-corrected chi connectivity index (χ0v) is 14.2. The van der Waals surface area contributed by atoms with Gasteiger partial charge < -0.3 is 24.1 Å². The average Bonchev–Trinajstić information content (AvgIpc) is 2.99. The molecule has 2 heterocycles. The summed E-state index contributed by atoms with van der Waals surface area (Å²) in [5.74, 6) is 1.20. The lowest BCUT2D eigenvalue weighted by atomic mass is 9.94. The molecule has 6 nitrogen and oxygen atoms in total. The molecular weight excluding hydrogens is 310 g/mol. The number of fused-ring (bicyclic) bond motifs is 2. The number of methoxy groups -OCH3 is 2. The van der Waals surface area contributed by atoms with Gasteiger partial charge in [-0.1, -0.05) is 6.07 Å². The number of rotatable bonds is 5. The molecule has 0 bridgehead atoms. The van der Waals surface area contributed by atoms with E-state index in [0.717, 1.165) is 16.3 Å². The van der Waals surface area contributed by atoms with Crippen molar-refractivity contribution in [1.82, 2.24) is 4.98 Å². The van der Waals surface area contributed by atoms with E-state index in [1.165, 1.54) is 0 Å². The van der Waals surface area contributed by atoms with Crippen molar-refractivity contribution in [1.29, 1.82) is 0 Å². The average molecular weight is 331 g/mol. The van der Waals surface area contributed by atoms with Gasteiger partial charge in [0.25, 0.3) is 0 Å². The summed E-state index contributed by atoms with van der Waals surface area (Å²) < 4.78 is 16.5. The third kappa shape index (κ3) is 2.68. The summed E-state index contributed by atoms with van der Waals surface area (Å²) >= 11 is 0. The monoisotopic (exact) mass is 331 g/mol. The molecule has 3 aromatic rings. The Morgan fingerprint density at radius 2 is 1.83 bits per heavy atom. The first-order chi connectivity index (χ1) is 11.4. The van der Waals surface area contributed by atoms with Crippen LogP contribution < -0.4 is 9.47 Å². The second-order valence-electron chi connectivity index (χ2n) is 6.31. The molecule has 1 atom stereocenters. The number of aromatic nitrogens is 1. The van der Waals surface area contributed by atoms with Gasteiger partial charge in [0, 0.05) is 11.8 Å². The molecule has 0 unspecified atom stereocenters. The lowest BCUT2D eigenvalue weighted by Crippen LogP contribution is -2.37. The van der Waals surface area contributed by atoms with Gasteiger partial charge in [0.05, 0.1) is 37.6 Å². The van der Waals surface area contributed by atoms with E-state index in [4.69, 9.17) is 13.9 Å². The van der Waals surface area contributed by atoms with Crippen LogP contribution in [0, 0.1) is 0 Å². The van der Waals surface area contributed by atoms with E-state index < -0.39 is 11.7 Å². The molecule has 0 aliphatic rings. The zero-order valence-electron chi connectivity index (χ0n) is 14.2. The van der Waals surface area contributed by atoms with E-state index in [1.807, 2.05) is 12.1 Å². The van der Waals surface area contributed by atoms with E-state index >= 15 is 0 Å². The van der Waals surface area contributed by atoms with Gasteiger partial charge in [-0.3, -0.25) is 0 Å². The molecule has 0 aliphatic carbocycles. The third-order valence-electron chi connectivity index (χ3n) is 4.20. The largest absolute Gasteiger partial charge is 0.495 e. The minimum atomic E-state index is -1.21. The molecule has 1 aromatic carbocycles. The Morgan fingerprint density at radius 3 is 2.46 bits per heavy atom. The summed E-state index contributed by atoms with van der Waals surface area (Å²) in [6.45, 7) is 3.14. The number of hydrogen-bond donors (Lipinski definition) is 2. The number of furan rings is 1. The van der Waals surface area contributed by atoms with E-state index in [-0.39, 0.29) is 6.42 Å². The Hall–Kier alpha value is -2.31. The number of nitrogens with zero attached hydrogens (tertiary/aromatic N) is 1. The molecule has 2 N–H and O–H groups in total. The molecule has 0 amide bonds. The van der Waals surface area contributed by atoms with Crippen LogP contribution in [0.1, 0.15) is 19.4 Å². The molecular formula is C18H21NO5. The van der Waals surface area contributed by atoms with Crippen molar-refractivity contribution in [2.24, 2.45) is 0 Å². The van der Waals surface area contributed by atoms with Crippen LogP contribution in [0.5, 0.6) is 11.5 Å². The number of ether oxygens (including phenoxy) is 2. The maximum Gasteiger partial charge on any atom is 0.230 e. The predicted octanol–water partition coefficient (Wildman–Crippen LogP) is 2.67. The Morgan fingerprint density at radius 1 is 1.12 bits per heavy atom. The third-order valence-corrected chi connectivity index (χ3v) is 4.20. The summed E-state index contributed by atoms with van der Waals surface area (Å²) in [4.78, 5) is 4.53. The standard InChI is InChI=1S/C18H21NO5/c1-18(2,21)13(20)9-10-5-6-11-14(15(10)22-3)19-17-12(7-8-24-17)16(11)23-4/h5-8,13,20-21H,9H2,1-4H3/t13-/m0/s1. The molecule has 2 aromatic heterocycles. The Kier molecular flexibility index (Phi) is 4.11. The SMILES string of the molecule is COc1c2ccoc2nc2c(OC)c(C[C@H](O)C(C)(C)O)ccc12. The summed E-state index contributed by atoms with van der Waals surface area (Å²) in [7, 11) is 3.15. The van der Waals surface area contributed by atoms with Crippen molar-refractivity contribution >= 4 is 22.0 Å². The predicted molar refractivity (Wildman–Crippen MR) is 90.6 cm³/mol. The van der Waals surface area contributed by atoms with E-state index in [1.54, 1.807) is 40.4 Å². The molecule has 24 heavy (non-hydrogen) atoms. The lowest BCUT2D eigenvalue weighted by Gasteiger charge is -2.25. The minimum Gasteiger partial charge on any atom is -0.495 e. The Bertz CT molecular complexity index is 878. The van der Waals surface area contributed by atoms with Crippen molar-refractivity contribution in [3.8, 4) is 11.5 Å². The second-order valence-corrected chi connectivity index (χ2v) is 6.31. The second kappa shape index (κ2) is 5.96. The maximum absolute atomic E-state index is 10.2. The first-order valence-corrected chi connectivity index (χ1v) is 7.68. The van der Waals surface area contributed by atoms with Crippen LogP contribution in [0.3, 0.4) is 0 Å². The van der Waals surface area contributed by atoms with Crippen LogP contribution in [0.15, 0.2) is 28.9 Å². The molecule has 0 aliphatic heterocycles. The van der Waals surface area contributed by atoms with Crippen LogP contribution >= 0.6 is 0 Å². The quantitative estimate of drug-likeness (QED) is 0.748. The normalized spacial score (nSPS) is 13.4. The van der Waals surface area contributed by atoms with Gasteiger partial charge in [0.2, 0.25) is 5.71 Å². The Balaban J connectivity index is 2.22. The maximum atomic E-state index is 10.2. The van der Waals surface area contributed by atoms with Crippen LogP contribution in [0.25, 0.3) is 22.0 Å². The van der Waals surface area contributed by atoms with Crippen molar-refractivity contribution in [2.75, 3.05) is 14.2 Å².